The van der Waals surface area contributed by atoms with E-state index < -0.39 is 0 Å². The highest BCUT2D eigenvalue weighted by atomic mass is 32.2. The van der Waals surface area contributed by atoms with Crippen LogP contribution in [0.3, 0.4) is 0 Å². The van der Waals surface area contributed by atoms with Crippen molar-refractivity contribution in [2.75, 3.05) is 18.1 Å². The zero-order valence-electron chi connectivity index (χ0n) is 17.3. The fraction of sp³-hybridized carbons (Fsp3) is 0.429. The predicted molar refractivity (Wildman–Crippen MR) is 118 cm³/mol. The molecule has 0 radical (unpaired) electrons. The Bertz CT molecular complexity index is 956. The Labute approximate surface area is 175 Å². The summed E-state index contributed by atoms with van der Waals surface area (Å²) in [5.74, 6) is 0.689. The van der Waals surface area contributed by atoms with Crippen molar-refractivity contribution in [3.05, 3.63) is 42.1 Å². The number of hydrogen-bond acceptors (Lipinski definition) is 6. The predicted octanol–water partition coefficient (Wildman–Crippen LogP) is 3.68. The maximum atomic E-state index is 12.7. The van der Waals surface area contributed by atoms with E-state index in [2.05, 4.69) is 39.5 Å². The van der Waals surface area contributed by atoms with Gasteiger partial charge in [0.1, 0.15) is 5.82 Å². The van der Waals surface area contributed by atoms with Crippen molar-refractivity contribution < 1.29 is 4.79 Å². The number of rotatable bonds is 9. The number of nitrogens with one attached hydrogen (secondary N) is 2. The Hall–Kier alpha value is -2.61. The standard InChI is InChI=1S/C21H28N6OS/c1-5-16(15-9-7-6-8-10-15)20(28)22-11-12-27-19-17(13-23-27)18(24-14(2)3)25-21(26-19)29-4/h6-10,13-14,16H,5,11-12H2,1-4H3,(H,22,28)(H,24,25,26). The number of hydrogen-bond donors (Lipinski definition) is 2. The number of carbonyl (C=O) groups is 1. The average molecular weight is 413 g/mol. The number of benzene rings is 1. The fourth-order valence-corrected chi connectivity index (χ4v) is 3.60. The van der Waals surface area contributed by atoms with Crippen LogP contribution in [0, 0.1) is 0 Å². The quantitative estimate of drug-likeness (QED) is 0.412. The van der Waals surface area contributed by atoms with Gasteiger partial charge in [0.25, 0.3) is 0 Å². The van der Waals surface area contributed by atoms with E-state index in [1.807, 2.05) is 48.2 Å². The first-order chi connectivity index (χ1) is 14.0. The Morgan fingerprint density at radius 3 is 2.62 bits per heavy atom. The molecule has 0 bridgehead atoms. The molecule has 29 heavy (non-hydrogen) atoms. The molecule has 0 aliphatic carbocycles. The van der Waals surface area contributed by atoms with Crippen LogP contribution in [0.5, 0.6) is 0 Å². The van der Waals surface area contributed by atoms with E-state index in [1.165, 1.54) is 11.8 Å². The molecule has 3 aromatic rings. The van der Waals surface area contributed by atoms with Gasteiger partial charge in [-0.1, -0.05) is 49.0 Å². The van der Waals surface area contributed by atoms with Crippen molar-refractivity contribution in [2.45, 2.75) is 50.9 Å². The lowest BCUT2D eigenvalue weighted by molar-refractivity contribution is -0.122. The van der Waals surface area contributed by atoms with Crippen LogP contribution < -0.4 is 10.6 Å². The van der Waals surface area contributed by atoms with Gasteiger partial charge in [-0.3, -0.25) is 4.79 Å². The van der Waals surface area contributed by atoms with Crippen LogP contribution in [0.4, 0.5) is 5.82 Å². The van der Waals surface area contributed by atoms with Gasteiger partial charge in [-0.05, 0) is 32.1 Å². The van der Waals surface area contributed by atoms with Crippen LogP contribution in [-0.4, -0.2) is 44.5 Å². The molecule has 3 rings (SSSR count). The highest BCUT2D eigenvalue weighted by Crippen LogP contribution is 2.24. The molecule has 0 aliphatic rings. The number of aromatic nitrogens is 4. The maximum absolute atomic E-state index is 12.7. The average Bonchev–Trinajstić information content (AvgIpc) is 3.12. The van der Waals surface area contributed by atoms with E-state index in [0.29, 0.717) is 18.2 Å². The second kappa shape index (κ2) is 9.73. The van der Waals surface area contributed by atoms with Crippen molar-refractivity contribution >= 4 is 34.5 Å². The molecule has 8 heteroatoms. The first-order valence-electron chi connectivity index (χ1n) is 9.90. The highest BCUT2D eigenvalue weighted by Gasteiger charge is 2.18. The van der Waals surface area contributed by atoms with Gasteiger partial charge in [0.15, 0.2) is 10.8 Å². The van der Waals surface area contributed by atoms with E-state index in [9.17, 15) is 4.79 Å². The Balaban J connectivity index is 1.71. The summed E-state index contributed by atoms with van der Waals surface area (Å²) in [6.07, 6.45) is 4.50. The molecule has 1 atom stereocenters. The van der Waals surface area contributed by atoms with Crippen LogP contribution in [0.15, 0.2) is 41.7 Å². The lowest BCUT2D eigenvalue weighted by Gasteiger charge is -2.15. The summed E-state index contributed by atoms with van der Waals surface area (Å²) in [6, 6.07) is 10.1. The molecule has 2 aromatic heterocycles. The molecular formula is C21H28N6OS. The minimum Gasteiger partial charge on any atom is -0.367 e. The normalized spacial score (nSPS) is 12.3. The largest absolute Gasteiger partial charge is 0.367 e. The third-order valence-corrected chi connectivity index (χ3v) is 5.18. The van der Waals surface area contributed by atoms with Crippen molar-refractivity contribution in [3.63, 3.8) is 0 Å². The van der Waals surface area contributed by atoms with E-state index in [1.54, 1.807) is 6.20 Å². The van der Waals surface area contributed by atoms with Crippen molar-refractivity contribution in [2.24, 2.45) is 0 Å². The second-order valence-electron chi connectivity index (χ2n) is 7.13. The Kier molecular flexibility index (Phi) is 7.09. The molecule has 0 fully saturated rings. The van der Waals surface area contributed by atoms with Gasteiger partial charge in [-0.2, -0.15) is 5.10 Å². The minimum atomic E-state index is -0.141. The molecule has 0 spiro atoms. The molecule has 7 nitrogen and oxygen atoms in total. The first kappa shape index (κ1) is 21.1. The summed E-state index contributed by atoms with van der Waals surface area (Å²) in [7, 11) is 0. The van der Waals surface area contributed by atoms with Gasteiger partial charge in [0.05, 0.1) is 24.0 Å². The first-order valence-corrected chi connectivity index (χ1v) is 11.1. The van der Waals surface area contributed by atoms with Gasteiger partial charge < -0.3 is 10.6 Å². The van der Waals surface area contributed by atoms with Gasteiger partial charge in [0.2, 0.25) is 5.91 Å². The van der Waals surface area contributed by atoms with E-state index in [0.717, 1.165) is 28.8 Å². The second-order valence-corrected chi connectivity index (χ2v) is 7.90. The summed E-state index contributed by atoms with van der Waals surface area (Å²) >= 11 is 1.50. The smallest absolute Gasteiger partial charge is 0.227 e. The third kappa shape index (κ3) is 5.06. The van der Waals surface area contributed by atoms with Crippen LogP contribution in [0.25, 0.3) is 11.0 Å². The van der Waals surface area contributed by atoms with Crippen LogP contribution in [0.1, 0.15) is 38.7 Å². The van der Waals surface area contributed by atoms with Crippen LogP contribution in [0.2, 0.25) is 0 Å². The maximum Gasteiger partial charge on any atom is 0.227 e. The molecular weight excluding hydrogens is 384 g/mol. The zero-order chi connectivity index (χ0) is 20.8. The molecule has 0 saturated heterocycles. The highest BCUT2D eigenvalue weighted by molar-refractivity contribution is 7.98. The SMILES string of the molecule is CCC(C(=O)NCCn1ncc2c(NC(C)C)nc(SC)nc21)c1ccccc1. The van der Waals surface area contributed by atoms with Gasteiger partial charge in [-0.25, -0.2) is 14.6 Å². The summed E-state index contributed by atoms with van der Waals surface area (Å²) in [5, 5.41) is 12.5. The molecule has 2 heterocycles. The summed E-state index contributed by atoms with van der Waals surface area (Å²) in [5.41, 5.74) is 1.82. The Morgan fingerprint density at radius 1 is 1.21 bits per heavy atom. The molecule has 1 unspecified atom stereocenters. The summed E-state index contributed by atoms with van der Waals surface area (Å²) in [6.45, 7) is 7.21. The lowest BCUT2D eigenvalue weighted by atomic mass is 9.96. The fourth-order valence-electron chi connectivity index (χ4n) is 3.24. The monoisotopic (exact) mass is 412 g/mol. The molecule has 1 amide bonds. The Morgan fingerprint density at radius 2 is 1.97 bits per heavy atom. The molecule has 1 aromatic carbocycles. The number of nitrogens with zero attached hydrogens (tertiary/aromatic N) is 4. The summed E-state index contributed by atoms with van der Waals surface area (Å²) < 4.78 is 1.83. The van der Waals surface area contributed by atoms with Crippen LogP contribution in [-0.2, 0) is 11.3 Å². The third-order valence-electron chi connectivity index (χ3n) is 4.63. The number of carbonyl (C=O) groups excluding carboxylic acids is 1. The van der Waals surface area contributed by atoms with E-state index in [4.69, 9.17) is 0 Å². The lowest BCUT2D eigenvalue weighted by Crippen LogP contribution is -2.32. The van der Waals surface area contributed by atoms with E-state index >= 15 is 0 Å². The number of amides is 1. The summed E-state index contributed by atoms with van der Waals surface area (Å²) in [4.78, 5) is 21.8. The zero-order valence-corrected chi connectivity index (χ0v) is 18.2. The van der Waals surface area contributed by atoms with Crippen molar-refractivity contribution in [1.29, 1.82) is 0 Å². The minimum absolute atomic E-state index is 0.0387. The van der Waals surface area contributed by atoms with E-state index in [-0.39, 0.29) is 17.9 Å². The van der Waals surface area contributed by atoms with Gasteiger partial charge in [0, 0.05) is 12.6 Å². The number of thioether (sulfide) groups is 1. The number of fused-ring (bicyclic) bond motifs is 1. The van der Waals surface area contributed by atoms with Gasteiger partial charge in [-0.15, -0.1) is 0 Å². The molecule has 2 N–H and O–H groups in total. The van der Waals surface area contributed by atoms with Crippen LogP contribution >= 0.6 is 11.8 Å². The molecule has 0 saturated carbocycles. The molecule has 154 valence electrons. The van der Waals surface area contributed by atoms with Crippen molar-refractivity contribution in [3.8, 4) is 0 Å². The number of anilines is 1. The molecule has 0 aliphatic heterocycles. The van der Waals surface area contributed by atoms with Gasteiger partial charge >= 0.3 is 0 Å². The van der Waals surface area contributed by atoms with Crippen molar-refractivity contribution in [1.82, 2.24) is 25.1 Å². The topological polar surface area (TPSA) is 84.7 Å².